The molecule has 3 aromatic heterocycles. The maximum Gasteiger partial charge on any atom is 0.259 e. The summed E-state index contributed by atoms with van der Waals surface area (Å²) < 4.78 is 32.0. The highest BCUT2D eigenvalue weighted by Gasteiger charge is 2.28. The molecule has 1 aromatic carbocycles. The van der Waals surface area contributed by atoms with E-state index < -0.39 is 5.82 Å². The number of benzene rings is 1. The molecule has 0 aliphatic carbocycles. The maximum absolute atomic E-state index is 15.7. The van der Waals surface area contributed by atoms with Crippen molar-refractivity contribution < 1.29 is 23.4 Å². The Morgan fingerprint density at radius 2 is 1.91 bits per heavy atom. The van der Waals surface area contributed by atoms with Crippen LogP contribution in [0, 0.1) is 5.82 Å². The lowest BCUT2D eigenvalue weighted by Crippen LogP contribution is -2.52. The van der Waals surface area contributed by atoms with Crippen LogP contribution in [0.4, 0.5) is 21.6 Å². The average molecular weight is 603 g/mol. The number of ether oxygens (including phenoxy) is 3. The van der Waals surface area contributed by atoms with E-state index in [4.69, 9.17) is 14.2 Å². The number of likely N-dealkylation sites (tertiary alicyclic amines) is 1. The van der Waals surface area contributed by atoms with Crippen LogP contribution in [0.15, 0.2) is 53.6 Å². The number of halogens is 1. The van der Waals surface area contributed by atoms with Gasteiger partial charge in [0.2, 0.25) is 0 Å². The van der Waals surface area contributed by atoms with E-state index in [1.54, 1.807) is 30.3 Å². The van der Waals surface area contributed by atoms with Crippen molar-refractivity contribution in [3.8, 4) is 17.0 Å². The number of nitrogens with one attached hydrogen (secondary N) is 2. The minimum Gasteiger partial charge on any atom is -0.496 e. The van der Waals surface area contributed by atoms with E-state index >= 15 is 4.39 Å². The number of aromatic amines is 1. The Balaban J connectivity index is 1.28. The lowest BCUT2D eigenvalue weighted by Gasteiger charge is -2.40. The molecule has 4 aromatic rings. The zero-order chi connectivity index (χ0) is 30.6. The van der Waals surface area contributed by atoms with Crippen LogP contribution in [-0.4, -0.2) is 85.5 Å². The first-order valence-electron chi connectivity index (χ1n) is 14.7. The van der Waals surface area contributed by atoms with Gasteiger partial charge < -0.3 is 34.3 Å². The van der Waals surface area contributed by atoms with Gasteiger partial charge in [0.25, 0.3) is 11.5 Å². The molecule has 2 aliphatic rings. The van der Waals surface area contributed by atoms with Crippen LogP contribution in [0.2, 0.25) is 0 Å². The molecule has 11 nitrogen and oxygen atoms in total. The van der Waals surface area contributed by atoms with Gasteiger partial charge in [0.05, 0.1) is 66.2 Å². The van der Waals surface area contributed by atoms with Crippen molar-refractivity contribution in [2.45, 2.75) is 25.4 Å². The zero-order valence-electron chi connectivity index (χ0n) is 24.8. The number of fused-ring (bicyclic) bond motifs is 1. The van der Waals surface area contributed by atoms with Crippen molar-refractivity contribution >= 4 is 34.0 Å². The van der Waals surface area contributed by atoms with E-state index in [1.165, 1.54) is 25.4 Å². The summed E-state index contributed by atoms with van der Waals surface area (Å²) in [6.45, 7) is 3.94. The molecule has 1 amide bonds. The number of piperidine rings is 1. The van der Waals surface area contributed by atoms with Crippen LogP contribution in [0.5, 0.6) is 5.75 Å². The summed E-state index contributed by atoms with van der Waals surface area (Å²) in [7, 11) is 3.10. The second-order valence-corrected chi connectivity index (χ2v) is 10.9. The first-order valence-corrected chi connectivity index (χ1v) is 14.7. The number of methoxy groups -OCH3 is 2. The number of carbonyl (C=O) groups is 1. The number of nitrogens with zero attached hydrogens (tertiary/aromatic N) is 4. The number of pyridine rings is 3. The molecule has 6 rings (SSSR count). The van der Waals surface area contributed by atoms with Crippen molar-refractivity contribution in [2.24, 2.45) is 0 Å². The number of hydrogen-bond acceptors (Lipinski definition) is 9. The van der Waals surface area contributed by atoms with Crippen molar-refractivity contribution in [3.05, 3.63) is 70.5 Å². The molecule has 2 fully saturated rings. The highest BCUT2D eigenvalue weighted by molar-refractivity contribution is 5.98. The van der Waals surface area contributed by atoms with Crippen molar-refractivity contribution in [1.82, 2.24) is 19.9 Å². The van der Waals surface area contributed by atoms with Crippen LogP contribution in [0.1, 0.15) is 29.6 Å². The number of anilines is 3. The highest BCUT2D eigenvalue weighted by atomic mass is 19.1. The summed E-state index contributed by atoms with van der Waals surface area (Å²) in [5.74, 6) is -0.108. The Morgan fingerprint density at radius 1 is 1.09 bits per heavy atom. The first kappa shape index (κ1) is 29.5. The molecule has 5 heterocycles. The number of hydrogen-bond donors (Lipinski definition) is 2. The van der Waals surface area contributed by atoms with Crippen LogP contribution in [-0.2, 0) is 9.47 Å². The Bertz CT molecular complexity index is 1700. The van der Waals surface area contributed by atoms with E-state index in [2.05, 4.69) is 25.2 Å². The maximum atomic E-state index is 15.7. The van der Waals surface area contributed by atoms with Gasteiger partial charge in [-0.2, -0.15) is 0 Å². The molecule has 0 spiro atoms. The third-order valence-corrected chi connectivity index (χ3v) is 8.03. The fourth-order valence-corrected chi connectivity index (χ4v) is 5.62. The molecule has 0 unspecified atom stereocenters. The number of H-pyrrole nitrogens is 1. The van der Waals surface area contributed by atoms with Gasteiger partial charge >= 0.3 is 0 Å². The van der Waals surface area contributed by atoms with E-state index in [9.17, 15) is 9.59 Å². The second-order valence-electron chi connectivity index (χ2n) is 10.9. The topological polar surface area (TPSA) is 122 Å². The second kappa shape index (κ2) is 13.0. The smallest absolute Gasteiger partial charge is 0.259 e. The number of rotatable bonds is 10. The lowest BCUT2D eigenvalue weighted by atomic mass is 10.0. The molecule has 0 bridgehead atoms. The van der Waals surface area contributed by atoms with Gasteiger partial charge in [-0.05, 0) is 55.7 Å². The highest BCUT2D eigenvalue weighted by Crippen LogP contribution is 2.34. The average Bonchev–Trinajstić information content (AvgIpc) is 3.02. The third-order valence-electron chi connectivity index (χ3n) is 8.03. The van der Waals surface area contributed by atoms with Crippen LogP contribution in [0.25, 0.3) is 22.2 Å². The molecular weight excluding hydrogens is 567 g/mol. The minimum atomic E-state index is -0.615. The van der Waals surface area contributed by atoms with E-state index in [0.717, 1.165) is 38.0 Å². The summed E-state index contributed by atoms with van der Waals surface area (Å²) in [5.41, 5.74) is 1.98. The molecule has 0 saturated carbocycles. The van der Waals surface area contributed by atoms with Gasteiger partial charge in [-0.3, -0.25) is 9.59 Å². The Kier molecular flexibility index (Phi) is 8.71. The predicted molar refractivity (Wildman–Crippen MR) is 165 cm³/mol. The third kappa shape index (κ3) is 6.08. The zero-order valence-corrected chi connectivity index (χ0v) is 24.8. The number of aromatic nitrogens is 3. The molecule has 2 saturated heterocycles. The van der Waals surface area contributed by atoms with Crippen molar-refractivity contribution in [3.63, 3.8) is 0 Å². The van der Waals surface area contributed by atoms with E-state index in [0.29, 0.717) is 48.7 Å². The predicted octanol–water partition coefficient (Wildman–Crippen LogP) is 4.35. The Hall–Kier alpha value is -4.55. The number of amides is 1. The molecule has 0 radical (unpaired) electrons. The Morgan fingerprint density at radius 3 is 2.64 bits per heavy atom. The normalized spacial score (nSPS) is 15.3. The largest absolute Gasteiger partial charge is 0.496 e. The molecule has 12 heteroatoms. The molecule has 2 aliphatic heterocycles. The number of carbonyl (C=O) groups excluding carboxylic acids is 1. The first-order chi connectivity index (χ1) is 21.4. The van der Waals surface area contributed by atoms with Gasteiger partial charge in [-0.15, -0.1) is 0 Å². The summed E-state index contributed by atoms with van der Waals surface area (Å²) in [4.78, 5) is 41.8. The van der Waals surface area contributed by atoms with E-state index in [1.807, 2.05) is 12.1 Å². The molecule has 0 atom stereocenters. The summed E-state index contributed by atoms with van der Waals surface area (Å²) in [6.07, 6.45) is 6.33. The van der Waals surface area contributed by atoms with Gasteiger partial charge in [-0.1, -0.05) is 0 Å². The standard InChI is InChI=1S/C32H35FN6O5/c1-42-12-13-44-21-18-39(19-21)20-6-7-29(35-17-20)37-27-16-26(36-25-8-9-34-31(40)30(25)27)22-15-28(43-2)23(14-24(22)33)32(41)38-10-4-3-5-11-38/h6-9,14-17,21H,3-5,10-13,18-19H2,1-2H3,(H,34,40)(H,35,36,37). The fraction of sp³-hybridized carbons (Fsp3) is 0.375. The minimum absolute atomic E-state index is 0.144. The summed E-state index contributed by atoms with van der Waals surface area (Å²) >= 11 is 0. The lowest BCUT2D eigenvalue weighted by molar-refractivity contribution is 0.00398. The summed E-state index contributed by atoms with van der Waals surface area (Å²) in [6, 6.07) is 9.73. The molecule has 230 valence electrons. The van der Waals surface area contributed by atoms with Gasteiger partial charge in [0, 0.05) is 45.0 Å². The molecule has 44 heavy (non-hydrogen) atoms. The molecule has 2 N–H and O–H groups in total. The van der Waals surface area contributed by atoms with Gasteiger partial charge in [0.15, 0.2) is 0 Å². The van der Waals surface area contributed by atoms with Gasteiger partial charge in [0.1, 0.15) is 17.4 Å². The Labute approximate surface area is 254 Å². The van der Waals surface area contributed by atoms with Crippen molar-refractivity contribution in [2.75, 3.05) is 63.8 Å². The van der Waals surface area contributed by atoms with Crippen molar-refractivity contribution in [1.29, 1.82) is 0 Å². The van der Waals surface area contributed by atoms with E-state index in [-0.39, 0.29) is 40.1 Å². The molecular formula is C32H35FN6O5. The van der Waals surface area contributed by atoms with Crippen LogP contribution >= 0.6 is 0 Å². The summed E-state index contributed by atoms with van der Waals surface area (Å²) in [5, 5.41) is 3.53. The SMILES string of the molecule is COCCOC1CN(c2ccc(Nc3cc(-c4cc(OC)c(C(=O)N5CCCCC5)cc4F)nc4cc[nH]c(=O)c34)nc2)C1. The monoisotopic (exact) mass is 602 g/mol. The van der Waals surface area contributed by atoms with Crippen LogP contribution in [0.3, 0.4) is 0 Å². The van der Waals surface area contributed by atoms with Gasteiger partial charge in [-0.25, -0.2) is 14.4 Å². The fourth-order valence-electron chi connectivity index (χ4n) is 5.62. The quantitative estimate of drug-likeness (QED) is 0.255. The van der Waals surface area contributed by atoms with Crippen LogP contribution < -0.4 is 20.5 Å².